The van der Waals surface area contributed by atoms with Gasteiger partial charge < -0.3 is 5.32 Å². The van der Waals surface area contributed by atoms with Gasteiger partial charge in [-0.3, -0.25) is 9.55 Å². The summed E-state index contributed by atoms with van der Waals surface area (Å²) in [5.41, 5.74) is -3.26. The number of halogens is 8. The normalized spacial score (nSPS) is 17.9. The molecule has 1 atom stereocenters. The number of anilines is 1. The van der Waals surface area contributed by atoms with Gasteiger partial charge in [0.2, 0.25) is 0 Å². The Morgan fingerprint density at radius 3 is 2.56 bits per heavy atom. The lowest BCUT2D eigenvalue weighted by Crippen LogP contribution is -2.26. The lowest BCUT2D eigenvalue weighted by Gasteiger charge is -2.28. The standard InChI is InChI=1S/C24H20F8N8O/c1-22(5-3-2-4-14(22)26)10-40-20-13(8-12(25)9-34-20)15(38-40)17-35-18(33-7-6-23(27,28)29)16-19(36-17)37-21(41)39(16)11-24(30,31)32/h2-4,8-9H,5-7,10-11H2,1H3,(H2,33,35,36,37,41). The summed E-state index contributed by atoms with van der Waals surface area (Å²) in [6.07, 6.45) is -5.01. The maximum absolute atomic E-state index is 14.8. The van der Waals surface area contributed by atoms with E-state index < -0.39 is 71.6 Å². The molecule has 0 aromatic carbocycles. The molecular weight excluding hydrogens is 568 g/mol. The van der Waals surface area contributed by atoms with E-state index in [2.05, 4.69) is 30.4 Å². The van der Waals surface area contributed by atoms with E-state index in [-0.39, 0.29) is 33.7 Å². The van der Waals surface area contributed by atoms with Crippen molar-refractivity contribution in [2.45, 2.75) is 45.2 Å². The molecule has 0 saturated heterocycles. The third-order valence-corrected chi connectivity index (χ3v) is 6.45. The molecule has 4 heterocycles. The topological polar surface area (TPSA) is 106 Å². The monoisotopic (exact) mass is 588 g/mol. The number of alkyl halides is 6. The Morgan fingerprint density at radius 2 is 1.88 bits per heavy atom. The van der Waals surface area contributed by atoms with Gasteiger partial charge in [-0.2, -0.15) is 31.4 Å². The second kappa shape index (κ2) is 9.95. The van der Waals surface area contributed by atoms with Gasteiger partial charge in [-0.05, 0) is 18.6 Å². The number of hydrogen-bond acceptors (Lipinski definition) is 6. The summed E-state index contributed by atoms with van der Waals surface area (Å²) < 4.78 is 109. The molecule has 0 saturated carbocycles. The average Bonchev–Trinajstić information content (AvgIpc) is 3.35. The Balaban J connectivity index is 1.67. The molecule has 17 heteroatoms. The number of hydrogen-bond donors (Lipinski definition) is 2. The minimum atomic E-state index is -4.85. The number of pyridine rings is 1. The van der Waals surface area contributed by atoms with Crippen molar-refractivity contribution in [3.8, 4) is 11.5 Å². The summed E-state index contributed by atoms with van der Waals surface area (Å²) >= 11 is 0. The SMILES string of the molecule is CC1(Cn2nc(-c3nc(NCCC(F)(F)F)c4c(n3)[nH]c(=O)n4CC(F)(F)F)c3cc(F)cnc32)CC=CC=C1F. The number of allylic oxidation sites excluding steroid dienone is 4. The van der Waals surface area contributed by atoms with E-state index in [0.29, 0.717) is 6.42 Å². The van der Waals surface area contributed by atoms with E-state index in [1.54, 1.807) is 19.1 Å². The van der Waals surface area contributed by atoms with E-state index in [9.17, 15) is 39.9 Å². The first-order chi connectivity index (χ1) is 19.1. The molecule has 5 rings (SSSR count). The number of nitrogens with one attached hydrogen (secondary N) is 2. The van der Waals surface area contributed by atoms with Crippen molar-refractivity contribution in [1.29, 1.82) is 0 Å². The summed E-state index contributed by atoms with van der Waals surface area (Å²) in [6, 6.07) is 1.04. The Labute approximate surface area is 224 Å². The van der Waals surface area contributed by atoms with Gasteiger partial charge in [0.15, 0.2) is 22.9 Å². The van der Waals surface area contributed by atoms with E-state index >= 15 is 0 Å². The number of aromatic nitrogens is 7. The third kappa shape index (κ3) is 5.78. The molecule has 1 aliphatic carbocycles. The van der Waals surface area contributed by atoms with Gasteiger partial charge in [0, 0.05) is 12.0 Å². The first-order valence-electron chi connectivity index (χ1n) is 12.1. The van der Waals surface area contributed by atoms with Crippen LogP contribution >= 0.6 is 0 Å². The minimum Gasteiger partial charge on any atom is -0.368 e. The largest absolute Gasteiger partial charge is 0.406 e. The van der Waals surface area contributed by atoms with Crippen LogP contribution in [0.1, 0.15) is 19.8 Å². The molecule has 4 aromatic rings. The predicted molar refractivity (Wildman–Crippen MR) is 131 cm³/mol. The highest BCUT2D eigenvalue weighted by Crippen LogP contribution is 2.38. The number of fused-ring (bicyclic) bond motifs is 2. The van der Waals surface area contributed by atoms with Crippen molar-refractivity contribution < 1.29 is 35.1 Å². The van der Waals surface area contributed by atoms with Crippen molar-refractivity contribution in [1.82, 2.24) is 34.3 Å². The Hall–Kier alpha value is -4.31. The van der Waals surface area contributed by atoms with E-state index in [4.69, 9.17) is 0 Å². The minimum absolute atomic E-state index is 0.0435. The first-order valence-corrected chi connectivity index (χ1v) is 12.1. The van der Waals surface area contributed by atoms with Gasteiger partial charge >= 0.3 is 18.0 Å². The van der Waals surface area contributed by atoms with Crippen molar-refractivity contribution in [2.75, 3.05) is 11.9 Å². The van der Waals surface area contributed by atoms with Crippen molar-refractivity contribution in [3.63, 3.8) is 0 Å². The van der Waals surface area contributed by atoms with Crippen molar-refractivity contribution >= 4 is 28.0 Å². The highest BCUT2D eigenvalue weighted by molar-refractivity contribution is 5.92. The molecule has 0 aliphatic heterocycles. The number of rotatable bonds is 7. The molecule has 41 heavy (non-hydrogen) atoms. The van der Waals surface area contributed by atoms with E-state index in [0.717, 1.165) is 12.3 Å². The molecule has 9 nitrogen and oxygen atoms in total. The van der Waals surface area contributed by atoms with Crippen LogP contribution in [0.25, 0.3) is 33.7 Å². The fourth-order valence-electron chi connectivity index (χ4n) is 4.51. The van der Waals surface area contributed by atoms with Crippen LogP contribution < -0.4 is 11.0 Å². The smallest absolute Gasteiger partial charge is 0.368 e. The zero-order valence-electron chi connectivity index (χ0n) is 21.0. The van der Waals surface area contributed by atoms with Gasteiger partial charge in [-0.25, -0.2) is 33.2 Å². The van der Waals surface area contributed by atoms with E-state index in [1.807, 2.05) is 0 Å². The second-order valence-electron chi connectivity index (χ2n) is 9.75. The first kappa shape index (κ1) is 28.2. The van der Waals surface area contributed by atoms with Crippen LogP contribution in [0.3, 0.4) is 0 Å². The number of aromatic amines is 1. The Morgan fingerprint density at radius 1 is 1.12 bits per heavy atom. The van der Waals surface area contributed by atoms with Crippen LogP contribution in [0.5, 0.6) is 0 Å². The number of nitrogens with zero attached hydrogens (tertiary/aromatic N) is 6. The van der Waals surface area contributed by atoms with Crippen LogP contribution in [0.2, 0.25) is 0 Å². The Bertz CT molecular complexity index is 1750. The highest BCUT2D eigenvalue weighted by Gasteiger charge is 2.34. The van der Waals surface area contributed by atoms with Crippen LogP contribution in [0.4, 0.5) is 40.9 Å². The van der Waals surface area contributed by atoms with Crippen molar-refractivity contribution in [2.24, 2.45) is 5.41 Å². The molecule has 0 spiro atoms. The fourth-order valence-corrected chi connectivity index (χ4v) is 4.51. The third-order valence-electron chi connectivity index (χ3n) is 6.45. The number of H-pyrrole nitrogens is 1. The maximum Gasteiger partial charge on any atom is 0.406 e. The molecule has 0 radical (unpaired) electrons. The summed E-state index contributed by atoms with van der Waals surface area (Å²) in [5, 5.41) is 6.76. The Kier molecular flexibility index (Phi) is 6.85. The fraction of sp³-hybridized carbons (Fsp3) is 0.375. The molecule has 1 aliphatic rings. The molecule has 0 amide bonds. The van der Waals surface area contributed by atoms with Crippen LogP contribution in [0.15, 0.2) is 41.1 Å². The molecule has 4 aromatic heterocycles. The van der Waals surface area contributed by atoms with Gasteiger partial charge in [-0.1, -0.05) is 19.1 Å². The van der Waals surface area contributed by atoms with Crippen molar-refractivity contribution in [3.05, 3.63) is 52.6 Å². The molecular formula is C24H20F8N8O. The lowest BCUT2D eigenvalue weighted by atomic mass is 9.82. The summed E-state index contributed by atoms with van der Waals surface area (Å²) in [4.78, 5) is 26.8. The average molecular weight is 588 g/mol. The molecule has 218 valence electrons. The zero-order valence-corrected chi connectivity index (χ0v) is 21.0. The quantitative estimate of drug-likeness (QED) is 0.280. The van der Waals surface area contributed by atoms with Crippen LogP contribution in [-0.2, 0) is 13.1 Å². The molecule has 2 N–H and O–H groups in total. The maximum atomic E-state index is 14.8. The second-order valence-corrected chi connectivity index (χ2v) is 9.75. The zero-order chi connectivity index (χ0) is 29.7. The lowest BCUT2D eigenvalue weighted by molar-refractivity contribution is -0.140. The summed E-state index contributed by atoms with van der Waals surface area (Å²) in [6.45, 7) is -0.977. The van der Waals surface area contributed by atoms with Crippen LogP contribution in [-0.4, -0.2) is 53.2 Å². The van der Waals surface area contributed by atoms with Gasteiger partial charge in [0.1, 0.15) is 29.4 Å². The predicted octanol–water partition coefficient (Wildman–Crippen LogP) is 5.42. The molecule has 0 fully saturated rings. The van der Waals surface area contributed by atoms with Gasteiger partial charge in [0.25, 0.3) is 0 Å². The van der Waals surface area contributed by atoms with Crippen LogP contribution in [0, 0.1) is 11.2 Å². The van der Waals surface area contributed by atoms with E-state index in [1.165, 1.54) is 10.8 Å². The van der Waals surface area contributed by atoms with Gasteiger partial charge in [0.05, 0.1) is 24.5 Å². The molecule has 0 bridgehead atoms. The summed E-state index contributed by atoms with van der Waals surface area (Å²) in [5.74, 6) is -2.09. The summed E-state index contributed by atoms with van der Waals surface area (Å²) in [7, 11) is 0. The highest BCUT2D eigenvalue weighted by atomic mass is 19.4. The van der Waals surface area contributed by atoms with Gasteiger partial charge in [-0.15, -0.1) is 0 Å². The number of imidazole rings is 1. The molecule has 1 unspecified atom stereocenters.